The van der Waals surface area contributed by atoms with Gasteiger partial charge in [0.1, 0.15) is 29.9 Å². The molecule has 0 unspecified atom stereocenters. The number of hydrogen-bond donors (Lipinski definition) is 2. The summed E-state index contributed by atoms with van der Waals surface area (Å²) in [5.74, 6) is 1.86. The van der Waals surface area contributed by atoms with E-state index in [1.807, 2.05) is 25.1 Å². The van der Waals surface area contributed by atoms with Crippen molar-refractivity contribution in [2.24, 2.45) is 0 Å². The van der Waals surface area contributed by atoms with E-state index in [0.29, 0.717) is 28.7 Å². The molecular formula is C16H13N7. The molecule has 0 aliphatic rings. The van der Waals surface area contributed by atoms with Gasteiger partial charge >= 0.3 is 0 Å². The fourth-order valence-electron chi connectivity index (χ4n) is 1.97. The predicted octanol–water partition coefficient (Wildman–Crippen LogP) is 2.93. The zero-order valence-corrected chi connectivity index (χ0v) is 12.4. The van der Waals surface area contributed by atoms with E-state index in [2.05, 4.69) is 36.6 Å². The van der Waals surface area contributed by atoms with Crippen LogP contribution in [0.2, 0.25) is 0 Å². The van der Waals surface area contributed by atoms with Gasteiger partial charge in [0.05, 0.1) is 17.4 Å². The maximum absolute atomic E-state index is 9.10. The molecule has 0 aliphatic heterocycles. The average molecular weight is 303 g/mol. The van der Waals surface area contributed by atoms with E-state index in [1.54, 1.807) is 24.5 Å². The third-order valence-corrected chi connectivity index (χ3v) is 3.02. The van der Waals surface area contributed by atoms with Gasteiger partial charge in [-0.05, 0) is 25.1 Å². The second-order valence-corrected chi connectivity index (χ2v) is 4.74. The van der Waals surface area contributed by atoms with Gasteiger partial charge in [-0.2, -0.15) is 5.26 Å². The number of aryl methyl sites for hydroxylation is 1. The van der Waals surface area contributed by atoms with E-state index in [9.17, 15) is 0 Å². The van der Waals surface area contributed by atoms with Crippen molar-refractivity contribution in [3.8, 4) is 6.07 Å². The van der Waals surface area contributed by atoms with E-state index >= 15 is 0 Å². The first-order chi connectivity index (χ1) is 11.2. The molecule has 0 aliphatic carbocycles. The van der Waals surface area contributed by atoms with Crippen LogP contribution < -0.4 is 10.6 Å². The molecule has 0 spiro atoms. The van der Waals surface area contributed by atoms with Crippen molar-refractivity contribution in [3.05, 3.63) is 60.3 Å². The second kappa shape index (κ2) is 6.49. The zero-order chi connectivity index (χ0) is 16.1. The van der Waals surface area contributed by atoms with Crippen LogP contribution in [0.15, 0.2) is 49.1 Å². The first-order valence-electron chi connectivity index (χ1n) is 6.88. The van der Waals surface area contributed by atoms with Crippen molar-refractivity contribution < 1.29 is 0 Å². The Morgan fingerprint density at radius 1 is 1.04 bits per heavy atom. The summed E-state index contributed by atoms with van der Waals surface area (Å²) in [6, 6.07) is 11.2. The lowest BCUT2D eigenvalue weighted by Crippen LogP contribution is -2.01. The van der Waals surface area contributed by atoms with Gasteiger partial charge in [-0.15, -0.1) is 0 Å². The molecule has 0 atom stereocenters. The SMILES string of the molecule is Cc1cccc(Nc2cc(Nc3cnccc3C#N)ncn2)n1. The lowest BCUT2D eigenvalue weighted by atomic mass is 10.2. The molecule has 7 heteroatoms. The third-order valence-electron chi connectivity index (χ3n) is 3.02. The van der Waals surface area contributed by atoms with Crippen LogP contribution in [-0.2, 0) is 0 Å². The monoisotopic (exact) mass is 303 g/mol. The number of pyridine rings is 2. The second-order valence-electron chi connectivity index (χ2n) is 4.74. The summed E-state index contributed by atoms with van der Waals surface area (Å²) in [4.78, 5) is 16.7. The van der Waals surface area contributed by atoms with Crippen LogP contribution in [0.1, 0.15) is 11.3 Å². The summed E-state index contributed by atoms with van der Waals surface area (Å²) in [7, 11) is 0. The van der Waals surface area contributed by atoms with Crippen LogP contribution in [0, 0.1) is 18.3 Å². The van der Waals surface area contributed by atoms with Crippen molar-refractivity contribution in [1.29, 1.82) is 5.26 Å². The molecule has 0 amide bonds. The molecule has 2 N–H and O–H groups in total. The van der Waals surface area contributed by atoms with Crippen LogP contribution >= 0.6 is 0 Å². The molecule has 3 rings (SSSR count). The summed E-state index contributed by atoms with van der Waals surface area (Å²) < 4.78 is 0. The van der Waals surface area contributed by atoms with E-state index in [4.69, 9.17) is 5.26 Å². The van der Waals surface area contributed by atoms with Crippen LogP contribution in [0.4, 0.5) is 23.1 Å². The Balaban J connectivity index is 1.81. The molecule has 7 nitrogen and oxygen atoms in total. The molecule has 0 bridgehead atoms. The quantitative estimate of drug-likeness (QED) is 0.764. The fraction of sp³-hybridized carbons (Fsp3) is 0.0625. The first-order valence-corrected chi connectivity index (χ1v) is 6.88. The standard InChI is InChI=1S/C16H13N7/c1-11-3-2-4-14(21-11)23-16-7-15(19-10-20-16)22-13-9-18-6-5-12(13)8-17/h2-7,9-10H,1H3,(H2,19,20,21,22,23). The number of anilines is 4. The van der Waals surface area contributed by atoms with Crippen molar-refractivity contribution in [1.82, 2.24) is 19.9 Å². The number of nitrogens with zero attached hydrogens (tertiary/aromatic N) is 5. The van der Waals surface area contributed by atoms with Gasteiger partial charge in [-0.25, -0.2) is 15.0 Å². The minimum absolute atomic E-state index is 0.494. The molecule has 0 saturated heterocycles. The van der Waals surface area contributed by atoms with Crippen LogP contribution in [0.3, 0.4) is 0 Å². The van der Waals surface area contributed by atoms with E-state index in [1.165, 1.54) is 6.33 Å². The Hall–Kier alpha value is -3.53. The van der Waals surface area contributed by atoms with Gasteiger partial charge < -0.3 is 10.6 Å². The number of nitrogens with one attached hydrogen (secondary N) is 2. The maximum atomic E-state index is 9.10. The maximum Gasteiger partial charge on any atom is 0.137 e. The number of aromatic nitrogens is 4. The Morgan fingerprint density at radius 3 is 2.65 bits per heavy atom. The van der Waals surface area contributed by atoms with Crippen molar-refractivity contribution in [2.45, 2.75) is 6.92 Å². The van der Waals surface area contributed by atoms with Crippen LogP contribution in [0.25, 0.3) is 0 Å². The summed E-state index contributed by atoms with van der Waals surface area (Å²) in [5.41, 5.74) is 2.00. The summed E-state index contributed by atoms with van der Waals surface area (Å²) >= 11 is 0. The summed E-state index contributed by atoms with van der Waals surface area (Å²) in [6.45, 7) is 1.92. The number of rotatable bonds is 4. The summed E-state index contributed by atoms with van der Waals surface area (Å²) in [5, 5.41) is 15.3. The Morgan fingerprint density at radius 2 is 1.87 bits per heavy atom. The summed E-state index contributed by atoms with van der Waals surface area (Å²) in [6.07, 6.45) is 4.58. The molecule has 0 saturated carbocycles. The van der Waals surface area contributed by atoms with Gasteiger partial charge in [0.15, 0.2) is 0 Å². The predicted molar refractivity (Wildman–Crippen MR) is 86.5 cm³/mol. The van der Waals surface area contributed by atoms with Crippen molar-refractivity contribution >= 4 is 23.1 Å². The normalized spacial score (nSPS) is 9.91. The minimum Gasteiger partial charge on any atom is -0.338 e. The molecule has 0 aromatic carbocycles. The Bertz CT molecular complexity index is 870. The zero-order valence-electron chi connectivity index (χ0n) is 12.4. The van der Waals surface area contributed by atoms with Crippen molar-refractivity contribution in [3.63, 3.8) is 0 Å². The smallest absolute Gasteiger partial charge is 0.137 e. The Kier molecular flexibility index (Phi) is 4.07. The Labute approximate surface area is 133 Å². The molecule has 23 heavy (non-hydrogen) atoms. The molecule has 3 aromatic heterocycles. The average Bonchev–Trinajstić information content (AvgIpc) is 2.56. The van der Waals surface area contributed by atoms with Gasteiger partial charge in [0.25, 0.3) is 0 Å². The molecule has 3 heterocycles. The molecule has 3 aromatic rings. The van der Waals surface area contributed by atoms with Crippen LogP contribution in [-0.4, -0.2) is 19.9 Å². The van der Waals surface area contributed by atoms with E-state index in [-0.39, 0.29) is 0 Å². The highest BCUT2D eigenvalue weighted by atomic mass is 15.1. The fourth-order valence-corrected chi connectivity index (χ4v) is 1.97. The number of nitriles is 1. The van der Waals surface area contributed by atoms with Gasteiger partial charge in [-0.1, -0.05) is 6.07 Å². The molecular weight excluding hydrogens is 290 g/mol. The molecule has 112 valence electrons. The van der Waals surface area contributed by atoms with Crippen molar-refractivity contribution in [2.75, 3.05) is 10.6 Å². The lowest BCUT2D eigenvalue weighted by molar-refractivity contribution is 1.14. The largest absolute Gasteiger partial charge is 0.338 e. The highest BCUT2D eigenvalue weighted by molar-refractivity contribution is 5.65. The minimum atomic E-state index is 0.494. The van der Waals surface area contributed by atoms with E-state index < -0.39 is 0 Å². The van der Waals surface area contributed by atoms with Gasteiger partial charge in [-0.3, -0.25) is 4.98 Å². The number of hydrogen-bond acceptors (Lipinski definition) is 7. The van der Waals surface area contributed by atoms with Crippen LogP contribution in [0.5, 0.6) is 0 Å². The van der Waals surface area contributed by atoms with Gasteiger partial charge in [0.2, 0.25) is 0 Å². The lowest BCUT2D eigenvalue weighted by Gasteiger charge is -2.09. The third kappa shape index (κ3) is 3.57. The first kappa shape index (κ1) is 14.4. The van der Waals surface area contributed by atoms with E-state index in [0.717, 1.165) is 5.69 Å². The highest BCUT2D eigenvalue weighted by Crippen LogP contribution is 2.20. The molecule has 0 fully saturated rings. The molecule has 0 radical (unpaired) electrons. The highest BCUT2D eigenvalue weighted by Gasteiger charge is 2.05. The van der Waals surface area contributed by atoms with Gasteiger partial charge in [0, 0.05) is 18.0 Å². The topological polar surface area (TPSA) is 99.4 Å².